The molecule has 8 nitrogen and oxygen atoms in total. The molecule has 4 rings (SSSR count). The zero-order valence-electron chi connectivity index (χ0n) is 15.3. The molecular weight excluding hydrogens is 378 g/mol. The number of primary amides is 1. The fraction of sp³-hybridized carbons (Fsp3) is 0.211. The first kappa shape index (κ1) is 18.1. The van der Waals surface area contributed by atoms with Gasteiger partial charge in [0.25, 0.3) is 17.4 Å². The molecule has 2 amide bonds. The summed E-state index contributed by atoms with van der Waals surface area (Å²) in [5.41, 5.74) is 7.13. The highest BCUT2D eigenvalue weighted by atomic mass is 32.1. The number of hydrazone groups is 1. The van der Waals surface area contributed by atoms with Crippen molar-refractivity contribution in [2.45, 2.75) is 26.8 Å². The van der Waals surface area contributed by atoms with E-state index in [2.05, 4.69) is 10.1 Å². The maximum absolute atomic E-state index is 13.3. The summed E-state index contributed by atoms with van der Waals surface area (Å²) in [5.74, 6) is -0.725. The van der Waals surface area contributed by atoms with Crippen LogP contribution >= 0.6 is 11.3 Å². The van der Waals surface area contributed by atoms with Crippen LogP contribution in [-0.2, 0) is 11.3 Å². The van der Waals surface area contributed by atoms with Gasteiger partial charge in [-0.2, -0.15) is 10.1 Å². The van der Waals surface area contributed by atoms with Gasteiger partial charge >= 0.3 is 0 Å². The number of anilines is 1. The lowest BCUT2D eigenvalue weighted by atomic mass is 10.2. The maximum Gasteiger partial charge on any atom is 0.264 e. The Hall–Kier alpha value is -3.33. The third kappa shape index (κ3) is 2.89. The minimum Gasteiger partial charge on any atom is -0.365 e. The summed E-state index contributed by atoms with van der Waals surface area (Å²) in [6.45, 7) is 3.64. The normalized spacial score (nSPS) is 14.0. The molecule has 142 valence electrons. The van der Waals surface area contributed by atoms with Crippen LogP contribution in [-0.4, -0.2) is 27.1 Å². The SMILES string of the molecule is CC1=NN(c2nc3sc(C(N)=O)c(C)c3c(=O)n2Cc2ccccc2)C(=O)C1. The number of nitrogens with zero attached hydrogens (tertiary/aromatic N) is 4. The van der Waals surface area contributed by atoms with E-state index in [4.69, 9.17) is 5.73 Å². The van der Waals surface area contributed by atoms with E-state index in [1.54, 1.807) is 13.8 Å². The van der Waals surface area contributed by atoms with Crippen molar-refractivity contribution < 1.29 is 9.59 Å². The van der Waals surface area contributed by atoms with E-state index in [1.807, 2.05) is 30.3 Å². The molecular formula is C19H17N5O3S. The number of carbonyl (C=O) groups is 2. The molecule has 3 aromatic rings. The largest absolute Gasteiger partial charge is 0.365 e. The van der Waals surface area contributed by atoms with E-state index in [0.717, 1.165) is 21.9 Å². The number of benzene rings is 1. The Morgan fingerprint density at radius 3 is 2.54 bits per heavy atom. The topological polar surface area (TPSA) is 111 Å². The van der Waals surface area contributed by atoms with Crippen LogP contribution in [0.4, 0.5) is 5.95 Å². The lowest BCUT2D eigenvalue weighted by Gasteiger charge is -2.17. The van der Waals surface area contributed by atoms with E-state index in [0.29, 0.717) is 21.5 Å². The van der Waals surface area contributed by atoms with Crippen molar-refractivity contribution >= 4 is 45.0 Å². The van der Waals surface area contributed by atoms with Gasteiger partial charge in [-0.25, -0.2) is 4.98 Å². The number of rotatable bonds is 4. The smallest absolute Gasteiger partial charge is 0.264 e. The molecule has 0 spiro atoms. The number of amides is 2. The van der Waals surface area contributed by atoms with E-state index in [9.17, 15) is 14.4 Å². The monoisotopic (exact) mass is 395 g/mol. The predicted octanol–water partition coefficient (Wildman–Crippen LogP) is 2.03. The number of carbonyl (C=O) groups excluding carboxylic acids is 2. The summed E-state index contributed by atoms with van der Waals surface area (Å²) in [5, 5.41) is 5.75. The van der Waals surface area contributed by atoms with Crippen LogP contribution in [0.15, 0.2) is 40.2 Å². The summed E-state index contributed by atoms with van der Waals surface area (Å²) in [6.07, 6.45) is 0.176. The molecule has 3 heterocycles. The maximum atomic E-state index is 13.3. The average Bonchev–Trinajstić information content (AvgIpc) is 3.17. The quantitative estimate of drug-likeness (QED) is 0.728. The summed E-state index contributed by atoms with van der Waals surface area (Å²) in [7, 11) is 0. The molecule has 28 heavy (non-hydrogen) atoms. The third-order valence-electron chi connectivity index (χ3n) is 4.54. The molecule has 1 aromatic carbocycles. The number of hydrogen-bond acceptors (Lipinski definition) is 6. The van der Waals surface area contributed by atoms with Gasteiger partial charge in [0.15, 0.2) is 0 Å². The van der Waals surface area contributed by atoms with E-state index < -0.39 is 5.91 Å². The summed E-state index contributed by atoms with van der Waals surface area (Å²) in [4.78, 5) is 42.7. The van der Waals surface area contributed by atoms with Crippen LogP contribution in [0.3, 0.4) is 0 Å². The lowest BCUT2D eigenvalue weighted by molar-refractivity contribution is -0.117. The Morgan fingerprint density at radius 1 is 1.21 bits per heavy atom. The fourth-order valence-corrected chi connectivity index (χ4v) is 4.24. The van der Waals surface area contributed by atoms with Gasteiger partial charge in [0.2, 0.25) is 5.95 Å². The van der Waals surface area contributed by atoms with E-state index >= 15 is 0 Å². The highest BCUT2D eigenvalue weighted by Crippen LogP contribution is 2.29. The second kappa shape index (κ2) is 6.68. The van der Waals surface area contributed by atoms with Crippen molar-refractivity contribution in [3.05, 3.63) is 56.7 Å². The van der Waals surface area contributed by atoms with Gasteiger partial charge in [0.05, 0.1) is 23.2 Å². The van der Waals surface area contributed by atoms with Crippen molar-refractivity contribution in [3.63, 3.8) is 0 Å². The zero-order chi connectivity index (χ0) is 20.0. The Kier molecular flexibility index (Phi) is 4.31. The van der Waals surface area contributed by atoms with Crippen LogP contribution in [0.25, 0.3) is 10.2 Å². The Labute approximate surface area is 163 Å². The van der Waals surface area contributed by atoms with Crippen molar-refractivity contribution in [1.82, 2.24) is 9.55 Å². The lowest BCUT2D eigenvalue weighted by Crippen LogP contribution is -2.31. The van der Waals surface area contributed by atoms with E-state index in [-0.39, 0.29) is 35.3 Å². The number of thiophene rings is 1. The molecule has 2 aromatic heterocycles. The number of aromatic nitrogens is 2. The number of aryl methyl sites for hydroxylation is 1. The molecule has 0 saturated heterocycles. The highest BCUT2D eigenvalue weighted by molar-refractivity contribution is 7.20. The van der Waals surface area contributed by atoms with Crippen LogP contribution in [0.2, 0.25) is 0 Å². The number of nitrogens with two attached hydrogens (primary N) is 1. The predicted molar refractivity (Wildman–Crippen MR) is 108 cm³/mol. The molecule has 0 unspecified atom stereocenters. The van der Waals surface area contributed by atoms with Crippen LogP contribution in [0, 0.1) is 6.92 Å². The molecule has 2 N–H and O–H groups in total. The summed E-state index contributed by atoms with van der Waals surface area (Å²) >= 11 is 1.05. The minimum absolute atomic E-state index is 0.139. The molecule has 1 aliphatic rings. The Morgan fingerprint density at radius 2 is 1.93 bits per heavy atom. The number of fused-ring (bicyclic) bond motifs is 1. The molecule has 0 radical (unpaired) electrons. The summed E-state index contributed by atoms with van der Waals surface area (Å²) in [6, 6.07) is 9.40. The van der Waals surface area contributed by atoms with Crippen LogP contribution in [0.1, 0.15) is 34.1 Å². The molecule has 9 heteroatoms. The van der Waals surface area contributed by atoms with E-state index in [1.165, 1.54) is 4.57 Å². The average molecular weight is 395 g/mol. The van der Waals surface area contributed by atoms with Crippen molar-refractivity contribution in [2.75, 3.05) is 5.01 Å². The van der Waals surface area contributed by atoms with Crippen LogP contribution < -0.4 is 16.3 Å². The van der Waals surface area contributed by atoms with Crippen molar-refractivity contribution in [2.24, 2.45) is 10.8 Å². The molecule has 1 aliphatic heterocycles. The van der Waals surface area contributed by atoms with Gasteiger partial charge in [-0.1, -0.05) is 30.3 Å². The molecule has 0 saturated carbocycles. The second-order valence-corrected chi connectivity index (χ2v) is 7.61. The van der Waals surface area contributed by atoms with Gasteiger partial charge in [0, 0.05) is 5.71 Å². The fourth-order valence-electron chi connectivity index (χ4n) is 3.22. The van der Waals surface area contributed by atoms with Gasteiger partial charge in [-0.3, -0.25) is 19.0 Å². The van der Waals surface area contributed by atoms with Gasteiger partial charge < -0.3 is 5.73 Å². The minimum atomic E-state index is -0.609. The Bertz CT molecular complexity index is 1210. The van der Waals surface area contributed by atoms with Crippen molar-refractivity contribution in [1.29, 1.82) is 0 Å². The third-order valence-corrected chi connectivity index (χ3v) is 5.74. The second-order valence-electron chi connectivity index (χ2n) is 6.61. The molecule has 0 bridgehead atoms. The first-order valence-corrected chi connectivity index (χ1v) is 9.43. The first-order chi connectivity index (χ1) is 13.4. The first-order valence-electron chi connectivity index (χ1n) is 8.61. The highest BCUT2D eigenvalue weighted by Gasteiger charge is 2.29. The van der Waals surface area contributed by atoms with Crippen LogP contribution in [0.5, 0.6) is 0 Å². The van der Waals surface area contributed by atoms with Crippen molar-refractivity contribution in [3.8, 4) is 0 Å². The molecule has 0 fully saturated rings. The summed E-state index contributed by atoms with van der Waals surface area (Å²) < 4.78 is 1.42. The van der Waals surface area contributed by atoms with Gasteiger partial charge in [-0.05, 0) is 25.0 Å². The Balaban J connectivity index is 2.00. The molecule has 0 aliphatic carbocycles. The van der Waals surface area contributed by atoms with Gasteiger partial charge in [0.1, 0.15) is 4.83 Å². The standard InChI is InChI=1S/C19H17N5O3S/c1-10-8-13(25)24(22-10)19-21-17-14(11(2)15(28-17)16(20)26)18(27)23(19)9-12-6-4-3-5-7-12/h3-7H,8-9H2,1-2H3,(H2,20,26). The zero-order valence-corrected chi connectivity index (χ0v) is 16.1. The molecule has 0 atom stereocenters. The van der Waals surface area contributed by atoms with Gasteiger partial charge in [-0.15, -0.1) is 11.3 Å². The number of hydrogen-bond donors (Lipinski definition) is 1.